The number of halogens is 1. The van der Waals surface area contributed by atoms with Crippen molar-refractivity contribution in [2.75, 3.05) is 11.9 Å². The minimum Gasteiger partial charge on any atom is -0.320 e. The van der Waals surface area contributed by atoms with Crippen LogP contribution in [-0.4, -0.2) is 35.4 Å². The van der Waals surface area contributed by atoms with Crippen molar-refractivity contribution in [2.45, 2.75) is 37.6 Å². The summed E-state index contributed by atoms with van der Waals surface area (Å²) in [5, 5.41) is 11.3. The SMILES string of the molecule is Cc1ccc(S(=O)(=O)N2CCC[C@@H]2c2nnc(C(=O)Nc3ccc(F)cc3)s2)cc1C. The third-order valence-electron chi connectivity index (χ3n) is 5.31. The average Bonchev–Trinajstić information content (AvgIpc) is 3.41. The van der Waals surface area contributed by atoms with Crippen molar-refractivity contribution >= 4 is 33.0 Å². The second-order valence-electron chi connectivity index (χ2n) is 7.43. The summed E-state index contributed by atoms with van der Waals surface area (Å²) in [7, 11) is -3.70. The third kappa shape index (κ3) is 4.36. The monoisotopic (exact) mass is 460 g/mol. The van der Waals surface area contributed by atoms with Gasteiger partial charge in [0.05, 0.1) is 10.9 Å². The molecule has 1 amide bonds. The predicted octanol–water partition coefficient (Wildman–Crippen LogP) is 4.07. The van der Waals surface area contributed by atoms with E-state index in [-0.39, 0.29) is 9.90 Å². The zero-order valence-corrected chi connectivity index (χ0v) is 18.6. The highest BCUT2D eigenvalue weighted by Gasteiger charge is 2.38. The lowest BCUT2D eigenvalue weighted by atomic mass is 10.1. The number of hydrogen-bond donors (Lipinski definition) is 1. The number of benzene rings is 2. The highest BCUT2D eigenvalue weighted by Crippen LogP contribution is 2.38. The van der Waals surface area contributed by atoms with E-state index in [1.807, 2.05) is 13.8 Å². The first-order chi connectivity index (χ1) is 14.8. The Bertz CT molecular complexity index is 1230. The second-order valence-corrected chi connectivity index (χ2v) is 10.3. The molecule has 1 aliphatic rings. The van der Waals surface area contributed by atoms with Gasteiger partial charge in [0, 0.05) is 12.2 Å². The fraction of sp³-hybridized carbons (Fsp3) is 0.286. The molecule has 7 nitrogen and oxygen atoms in total. The van der Waals surface area contributed by atoms with Gasteiger partial charge in [-0.3, -0.25) is 4.79 Å². The molecule has 0 bridgehead atoms. The zero-order valence-electron chi connectivity index (χ0n) is 17.0. The van der Waals surface area contributed by atoms with Gasteiger partial charge in [-0.15, -0.1) is 10.2 Å². The molecule has 0 radical (unpaired) electrons. The van der Waals surface area contributed by atoms with Gasteiger partial charge in [-0.25, -0.2) is 12.8 Å². The number of carbonyl (C=O) groups is 1. The van der Waals surface area contributed by atoms with Crippen LogP contribution in [0.4, 0.5) is 10.1 Å². The fourth-order valence-electron chi connectivity index (χ4n) is 3.46. The number of aryl methyl sites for hydroxylation is 2. The minimum atomic E-state index is -3.70. The van der Waals surface area contributed by atoms with Crippen LogP contribution >= 0.6 is 11.3 Å². The average molecular weight is 461 g/mol. The number of sulfonamides is 1. The molecule has 1 atom stereocenters. The molecule has 0 unspecified atom stereocenters. The summed E-state index contributed by atoms with van der Waals surface area (Å²) in [6.07, 6.45) is 1.31. The summed E-state index contributed by atoms with van der Waals surface area (Å²) in [4.78, 5) is 12.7. The summed E-state index contributed by atoms with van der Waals surface area (Å²) < 4.78 is 41.0. The maximum atomic E-state index is 13.3. The molecule has 10 heteroatoms. The molecule has 31 heavy (non-hydrogen) atoms. The van der Waals surface area contributed by atoms with Gasteiger partial charge in [0.2, 0.25) is 15.0 Å². The second kappa shape index (κ2) is 8.45. The Morgan fingerprint density at radius 1 is 1.13 bits per heavy atom. The molecular weight excluding hydrogens is 439 g/mol. The van der Waals surface area contributed by atoms with Crippen LogP contribution in [0.1, 0.15) is 44.8 Å². The fourth-order valence-corrected chi connectivity index (χ4v) is 6.16. The maximum absolute atomic E-state index is 13.3. The van der Waals surface area contributed by atoms with E-state index in [4.69, 9.17) is 0 Å². The van der Waals surface area contributed by atoms with Gasteiger partial charge in [-0.1, -0.05) is 17.4 Å². The van der Waals surface area contributed by atoms with Crippen LogP contribution in [0, 0.1) is 19.7 Å². The van der Waals surface area contributed by atoms with Crippen molar-refractivity contribution in [1.29, 1.82) is 0 Å². The smallest absolute Gasteiger partial charge is 0.286 e. The molecule has 1 aliphatic heterocycles. The number of carbonyl (C=O) groups excluding carboxylic acids is 1. The Balaban J connectivity index is 1.55. The van der Waals surface area contributed by atoms with Crippen molar-refractivity contribution in [3.63, 3.8) is 0 Å². The van der Waals surface area contributed by atoms with Crippen molar-refractivity contribution in [3.05, 3.63) is 69.4 Å². The summed E-state index contributed by atoms with van der Waals surface area (Å²) in [6, 6.07) is 10.0. The number of rotatable bonds is 5. The molecule has 2 aromatic carbocycles. The largest absolute Gasteiger partial charge is 0.320 e. The van der Waals surface area contributed by atoms with E-state index in [1.54, 1.807) is 18.2 Å². The maximum Gasteiger partial charge on any atom is 0.286 e. The number of amides is 1. The van der Waals surface area contributed by atoms with Crippen LogP contribution in [0.15, 0.2) is 47.4 Å². The molecule has 162 valence electrons. The number of hydrogen-bond acceptors (Lipinski definition) is 6. The van der Waals surface area contributed by atoms with E-state index in [0.717, 1.165) is 22.5 Å². The van der Waals surface area contributed by atoms with Gasteiger partial charge < -0.3 is 5.32 Å². The first-order valence-corrected chi connectivity index (χ1v) is 12.0. The van der Waals surface area contributed by atoms with E-state index in [2.05, 4.69) is 15.5 Å². The zero-order chi connectivity index (χ0) is 22.2. The molecule has 0 spiro atoms. The lowest BCUT2D eigenvalue weighted by Gasteiger charge is -2.22. The Labute approximate surface area is 184 Å². The van der Waals surface area contributed by atoms with Gasteiger partial charge in [0.25, 0.3) is 5.91 Å². The van der Waals surface area contributed by atoms with E-state index < -0.39 is 27.8 Å². The first-order valence-electron chi connectivity index (χ1n) is 9.75. The topological polar surface area (TPSA) is 92.3 Å². The van der Waals surface area contributed by atoms with Crippen molar-refractivity contribution < 1.29 is 17.6 Å². The molecule has 4 rings (SSSR count). The van der Waals surface area contributed by atoms with E-state index in [9.17, 15) is 17.6 Å². The van der Waals surface area contributed by atoms with Crippen LogP contribution in [0.3, 0.4) is 0 Å². The molecular formula is C21H21FN4O3S2. The van der Waals surface area contributed by atoms with Gasteiger partial charge >= 0.3 is 0 Å². The van der Waals surface area contributed by atoms with Crippen LogP contribution in [-0.2, 0) is 10.0 Å². The molecule has 2 heterocycles. The number of aromatic nitrogens is 2. The van der Waals surface area contributed by atoms with Gasteiger partial charge in [-0.05, 0) is 74.2 Å². The first kappa shape index (κ1) is 21.5. The third-order valence-corrected chi connectivity index (χ3v) is 8.24. The van der Waals surface area contributed by atoms with Gasteiger partial charge in [-0.2, -0.15) is 4.31 Å². The normalized spacial score (nSPS) is 17.1. The summed E-state index contributed by atoms with van der Waals surface area (Å²) >= 11 is 1.07. The molecule has 1 N–H and O–H groups in total. The molecule has 1 aromatic heterocycles. The van der Waals surface area contributed by atoms with Crippen LogP contribution in [0.2, 0.25) is 0 Å². The Hall–Kier alpha value is -2.69. The molecule has 0 aliphatic carbocycles. The standard InChI is InChI=1S/C21H21FN4O3S2/c1-13-5-10-17(12-14(13)2)31(28,29)26-11-3-4-18(26)20-24-25-21(30-20)19(27)23-16-8-6-15(22)7-9-16/h5-10,12,18H,3-4,11H2,1-2H3,(H,23,27)/t18-/m1/s1. The van der Waals surface area contributed by atoms with Crippen molar-refractivity contribution in [3.8, 4) is 0 Å². The number of anilines is 1. The molecule has 1 saturated heterocycles. The van der Waals surface area contributed by atoms with Gasteiger partial charge in [0.1, 0.15) is 10.8 Å². The molecule has 1 fully saturated rings. The Morgan fingerprint density at radius 3 is 2.58 bits per heavy atom. The lowest BCUT2D eigenvalue weighted by Crippen LogP contribution is -2.30. The molecule has 0 saturated carbocycles. The van der Waals surface area contributed by atoms with Gasteiger partial charge in [0.15, 0.2) is 0 Å². The summed E-state index contributed by atoms with van der Waals surface area (Å²) in [5.41, 5.74) is 2.37. The van der Waals surface area contributed by atoms with E-state index in [1.165, 1.54) is 28.6 Å². The van der Waals surface area contributed by atoms with Crippen LogP contribution < -0.4 is 5.32 Å². The highest BCUT2D eigenvalue weighted by molar-refractivity contribution is 7.89. The molecule has 3 aromatic rings. The summed E-state index contributed by atoms with van der Waals surface area (Å²) in [5.74, 6) is -0.876. The van der Waals surface area contributed by atoms with Crippen molar-refractivity contribution in [2.24, 2.45) is 0 Å². The summed E-state index contributed by atoms with van der Waals surface area (Å²) in [6.45, 7) is 4.20. The quantitative estimate of drug-likeness (QED) is 0.620. The minimum absolute atomic E-state index is 0.120. The van der Waals surface area contributed by atoms with E-state index in [0.29, 0.717) is 30.1 Å². The Kier molecular flexibility index (Phi) is 5.87. The Morgan fingerprint density at radius 2 is 1.87 bits per heavy atom. The van der Waals surface area contributed by atoms with Crippen LogP contribution in [0.5, 0.6) is 0 Å². The van der Waals surface area contributed by atoms with Crippen LogP contribution in [0.25, 0.3) is 0 Å². The van der Waals surface area contributed by atoms with Crippen molar-refractivity contribution in [1.82, 2.24) is 14.5 Å². The number of nitrogens with zero attached hydrogens (tertiary/aromatic N) is 3. The highest BCUT2D eigenvalue weighted by atomic mass is 32.2. The number of nitrogens with one attached hydrogen (secondary N) is 1. The predicted molar refractivity (Wildman–Crippen MR) is 116 cm³/mol. The van der Waals surface area contributed by atoms with E-state index >= 15 is 0 Å². The lowest BCUT2D eigenvalue weighted by molar-refractivity contribution is 0.102.